The van der Waals surface area contributed by atoms with Gasteiger partial charge in [-0.25, -0.2) is 0 Å². The molecule has 3 rings (SSSR count). The van der Waals surface area contributed by atoms with Gasteiger partial charge in [0.15, 0.2) is 0 Å². The van der Waals surface area contributed by atoms with E-state index >= 15 is 0 Å². The van der Waals surface area contributed by atoms with E-state index in [-0.39, 0.29) is 23.6 Å². The molecule has 0 aliphatic heterocycles. The SMILES string of the molecule is CCc1ccc(O)c(C=NC2CCCC2N=Cc2cc(CC)ccc2O)c1. The van der Waals surface area contributed by atoms with E-state index in [0.717, 1.165) is 43.2 Å². The van der Waals surface area contributed by atoms with E-state index < -0.39 is 0 Å². The van der Waals surface area contributed by atoms with Crippen molar-refractivity contribution in [2.75, 3.05) is 0 Å². The topological polar surface area (TPSA) is 65.2 Å². The molecule has 2 atom stereocenters. The third kappa shape index (κ3) is 4.76. The second-order valence-electron chi connectivity index (χ2n) is 7.12. The molecule has 0 spiro atoms. The van der Waals surface area contributed by atoms with Gasteiger partial charge in [0.2, 0.25) is 0 Å². The summed E-state index contributed by atoms with van der Waals surface area (Å²) in [4.78, 5) is 9.44. The maximum Gasteiger partial charge on any atom is 0.124 e. The zero-order valence-electron chi connectivity index (χ0n) is 16.1. The van der Waals surface area contributed by atoms with Crippen LogP contribution in [-0.2, 0) is 12.8 Å². The molecule has 0 amide bonds. The van der Waals surface area contributed by atoms with Gasteiger partial charge < -0.3 is 10.2 Å². The normalized spacial score (nSPS) is 20.1. The average molecular weight is 364 g/mol. The molecular formula is C23H28N2O2. The quantitative estimate of drug-likeness (QED) is 0.731. The van der Waals surface area contributed by atoms with Gasteiger partial charge in [0.25, 0.3) is 0 Å². The largest absolute Gasteiger partial charge is 0.507 e. The van der Waals surface area contributed by atoms with Crippen LogP contribution in [0.2, 0.25) is 0 Å². The molecule has 0 bridgehead atoms. The first-order chi connectivity index (χ1) is 13.1. The van der Waals surface area contributed by atoms with E-state index in [2.05, 4.69) is 13.8 Å². The molecule has 1 aliphatic rings. The summed E-state index contributed by atoms with van der Waals surface area (Å²) in [6.07, 6.45) is 8.49. The zero-order chi connectivity index (χ0) is 19.2. The maximum atomic E-state index is 10.1. The van der Waals surface area contributed by atoms with Crippen LogP contribution in [0.5, 0.6) is 11.5 Å². The summed E-state index contributed by atoms with van der Waals surface area (Å²) < 4.78 is 0. The molecule has 2 aromatic carbocycles. The van der Waals surface area contributed by atoms with Crippen LogP contribution in [0.4, 0.5) is 0 Å². The summed E-state index contributed by atoms with van der Waals surface area (Å²) in [5.41, 5.74) is 3.89. The Morgan fingerprint density at radius 2 is 1.26 bits per heavy atom. The van der Waals surface area contributed by atoms with Crippen LogP contribution in [-0.4, -0.2) is 34.7 Å². The third-order valence-electron chi connectivity index (χ3n) is 5.25. The molecule has 0 saturated heterocycles. The number of rotatable bonds is 6. The Bertz CT molecular complexity index is 773. The van der Waals surface area contributed by atoms with Crippen molar-refractivity contribution >= 4 is 12.4 Å². The van der Waals surface area contributed by atoms with Gasteiger partial charge in [0.05, 0.1) is 12.1 Å². The molecule has 4 heteroatoms. The minimum absolute atomic E-state index is 0.113. The van der Waals surface area contributed by atoms with Crippen LogP contribution < -0.4 is 0 Å². The Labute approximate surface area is 161 Å². The molecule has 2 unspecified atom stereocenters. The van der Waals surface area contributed by atoms with E-state index in [9.17, 15) is 10.2 Å². The van der Waals surface area contributed by atoms with Crippen molar-refractivity contribution in [2.45, 2.75) is 58.0 Å². The highest BCUT2D eigenvalue weighted by Gasteiger charge is 2.25. The lowest BCUT2D eigenvalue weighted by Gasteiger charge is -2.11. The van der Waals surface area contributed by atoms with E-state index in [1.807, 2.05) is 24.3 Å². The first kappa shape index (κ1) is 19.2. The number of phenolic OH excluding ortho intramolecular Hbond substituents is 2. The number of benzene rings is 2. The number of phenols is 2. The van der Waals surface area contributed by atoms with E-state index in [1.54, 1.807) is 24.6 Å². The zero-order valence-corrected chi connectivity index (χ0v) is 16.1. The minimum atomic E-state index is 0.113. The predicted octanol–water partition coefficient (Wildman–Crippen LogP) is 4.68. The van der Waals surface area contributed by atoms with Crippen LogP contribution >= 0.6 is 0 Å². The summed E-state index contributed by atoms with van der Waals surface area (Å²) in [5, 5.41) is 20.1. The molecule has 27 heavy (non-hydrogen) atoms. The van der Waals surface area contributed by atoms with Gasteiger partial charge in [-0.3, -0.25) is 9.98 Å². The summed E-state index contributed by atoms with van der Waals surface area (Å²) >= 11 is 0. The highest BCUT2D eigenvalue weighted by atomic mass is 16.3. The van der Waals surface area contributed by atoms with Crippen LogP contribution in [0.25, 0.3) is 0 Å². The van der Waals surface area contributed by atoms with E-state index in [1.165, 1.54) is 11.1 Å². The van der Waals surface area contributed by atoms with Crippen molar-refractivity contribution in [1.82, 2.24) is 0 Å². The lowest BCUT2D eigenvalue weighted by molar-refractivity contribution is 0.473. The number of nitrogens with zero attached hydrogens (tertiary/aromatic N) is 2. The molecular weight excluding hydrogens is 336 g/mol. The van der Waals surface area contributed by atoms with Gasteiger partial charge in [-0.05, 0) is 67.5 Å². The average Bonchev–Trinajstić information content (AvgIpc) is 3.14. The van der Waals surface area contributed by atoms with Crippen molar-refractivity contribution in [3.8, 4) is 11.5 Å². The van der Waals surface area contributed by atoms with Crippen molar-refractivity contribution in [1.29, 1.82) is 0 Å². The summed E-state index contributed by atoms with van der Waals surface area (Å²) in [5.74, 6) is 0.519. The number of hydrogen-bond acceptors (Lipinski definition) is 4. The van der Waals surface area contributed by atoms with Crippen LogP contribution in [0.15, 0.2) is 46.4 Å². The van der Waals surface area contributed by atoms with Crippen molar-refractivity contribution < 1.29 is 10.2 Å². The highest BCUT2D eigenvalue weighted by molar-refractivity contribution is 5.84. The molecule has 1 saturated carbocycles. The number of hydrogen-bond donors (Lipinski definition) is 2. The summed E-state index contributed by atoms with van der Waals surface area (Å²) in [7, 11) is 0. The van der Waals surface area contributed by atoms with Gasteiger partial charge in [-0.15, -0.1) is 0 Å². The highest BCUT2D eigenvalue weighted by Crippen LogP contribution is 2.26. The Hall–Kier alpha value is -2.62. The Kier molecular flexibility index (Phi) is 6.28. The molecule has 0 heterocycles. The summed E-state index contributed by atoms with van der Waals surface area (Å²) in [6, 6.07) is 11.5. The van der Waals surface area contributed by atoms with Crippen LogP contribution in [0.3, 0.4) is 0 Å². The predicted molar refractivity (Wildman–Crippen MR) is 112 cm³/mol. The second-order valence-corrected chi connectivity index (χ2v) is 7.12. The Balaban J connectivity index is 1.74. The minimum Gasteiger partial charge on any atom is -0.507 e. The first-order valence-electron chi connectivity index (χ1n) is 9.80. The standard InChI is InChI=1S/C23H28N2O2/c1-3-16-8-10-22(26)18(12-16)14-24-20-6-5-7-21(20)25-15-19-13-17(4-2)9-11-23(19)27/h8-15,20-21,26-27H,3-7H2,1-2H3. The Morgan fingerprint density at radius 3 is 1.67 bits per heavy atom. The molecule has 142 valence electrons. The Morgan fingerprint density at radius 1 is 0.815 bits per heavy atom. The van der Waals surface area contributed by atoms with Gasteiger partial charge in [-0.2, -0.15) is 0 Å². The van der Waals surface area contributed by atoms with E-state index in [0.29, 0.717) is 0 Å². The first-order valence-corrected chi connectivity index (χ1v) is 9.80. The fraction of sp³-hybridized carbons (Fsp3) is 0.391. The van der Waals surface area contributed by atoms with Crippen LogP contribution in [0.1, 0.15) is 55.4 Å². The van der Waals surface area contributed by atoms with Gasteiger partial charge in [0, 0.05) is 23.6 Å². The lowest BCUT2D eigenvalue weighted by Crippen LogP contribution is -2.16. The van der Waals surface area contributed by atoms with Gasteiger partial charge >= 0.3 is 0 Å². The lowest BCUT2D eigenvalue weighted by atomic mass is 10.1. The molecule has 2 aromatic rings. The second kappa shape index (κ2) is 8.85. The molecule has 4 nitrogen and oxygen atoms in total. The van der Waals surface area contributed by atoms with Gasteiger partial charge in [0.1, 0.15) is 11.5 Å². The smallest absolute Gasteiger partial charge is 0.124 e. The van der Waals surface area contributed by atoms with Crippen molar-refractivity contribution in [3.05, 3.63) is 58.7 Å². The molecule has 0 aromatic heterocycles. The van der Waals surface area contributed by atoms with Crippen molar-refractivity contribution in [2.24, 2.45) is 9.98 Å². The molecule has 0 radical (unpaired) electrons. The van der Waals surface area contributed by atoms with Crippen LogP contribution in [0, 0.1) is 0 Å². The fourth-order valence-corrected chi connectivity index (χ4v) is 3.48. The molecule has 1 fully saturated rings. The van der Waals surface area contributed by atoms with Gasteiger partial charge in [-0.1, -0.05) is 26.0 Å². The monoisotopic (exact) mass is 364 g/mol. The van der Waals surface area contributed by atoms with Crippen molar-refractivity contribution in [3.63, 3.8) is 0 Å². The third-order valence-corrected chi connectivity index (χ3v) is 5.25. The fourth-order valence-electron chi connectivity index (χ4n) is 3.48. The number of aromatic hydroxyl groups is 2. The summed E-state index contributed by atoms with van der Waals surface area (Å²) in [6.45, 7) is 4.19. The van der Waals surface area contributed by atoms with E-state index in [4.69, 9.17) is 9.98 Å². The molecule has 2 N–H and O–H groups in total. The maximum absolute atomic E-state index is 10.1. The molecule has 1 aliphatic carbocycles. The number of aryl methyl sites for hydroxylation is 2. The number of aliphatic imine (C=N–C) groups is 2.